The average Bonchev–Trinajstić information content (AvgIpc) is 1.99. The predicted molar refractivity (Wildman–Crippen MR) is 46.4 cm³/mol. The maximum atomic E-state index is 11.0. The van der Waals surface area contributed by atoms with Crippen LogP contribution in [0.3, 0.4) is 0 Å². The lowest BCUT2D eigenvalue weighted by molar-refractivity contribution is -0.127. The summed E-state index contributed by atoms with van der Waals surface area (Å²) in [4.78, 5) is 12.6. The molecule has 0 bridgehead atoms. The molecule has 1 unspecified atom stereocenters. The monoisotopic (exact) mass is 156 g/mol. The lowest BCUT2D eigenvalue weighted by Crippen LogP contribution is -2.36. The molecule has 3 nitrogen and oxygen atoms in total. The van der Waals surface area contributed by atoms with E-state index in [1.165, 1.54) is 0 Å². The predicted octanol–water partition coefficient (Wildman–Crippen LogP) is 0.239. The van der Waals surface area contributed by atoms with Crippen LogP contribution in [0.1, 0.15) is 6.92 Å². The zero-order chi connectivity index (χ0) is 8.85. The van der Waals surface area contributed by atoms with E-state index in [0.29, 0.717) is 6.54 Å². The first-order chi connectivity index (χ1) is 5.07. The maximum absolute atomic E-state index is 11.0. The zero-order valence-corrected chi connectivity index (χ0v) is 7.42. The lowest BCUT2D eigenvalue weighted by Gasteiger charge is -2.12. The highest BCUT2D eigenvalue weighted by Gasteiger charge is 2.03. The molecule has 0 saturated carbocycles. The third kappa shape index (κ3) is 4.56. The molecule has 64 valence electrons. The third-order valence-electron chi connectivity index (χ3n) is 1.43. The molecule has 0 saturated heterocycles. The fourth-order valence-corrected chi connectivity index (χ4v) is 0.490. The molecule has 0 fully saturated rings. The topological polar surface area (TPSA) is 32.3 Å². The van der Waals surface area contributed by atoms with E-state index in [4.69, 9.17) is 0 Å². The number of likely N-dealkylation sites (N-methyl/N-ethyl adjacent to an activating group) is 1. The molecule has 1 amide bonds. The Kier molecular flexibility index (Phi) is 4.54. The summed E-state index contributed by atoms with van der Waals surface area (Å²) >= 11 is 0. The van der Waals surface area contributed by atoms with E-state index in [-0.39, 0.29) is 11.9 Å². The summed E-state index contributed by atoms with van der Waals surface area (Å²) in [6.45, 7) is 5.93. The molecule has 1 atom stereocenters. The second kappa shape index (κ2) is 4.91. The van der Waals surface area contributed by atoms with Crippen LogP contribution in [0.4, 0.5) is 0 Å². The van der Waals surface area contributed by atoms with Gasteiger partial charge in [0.25, 0.3) is 0 Å². The fourth-order valence-electron chi connectivity index (χ4n) is 0.490. The molecule has 11 heavy (non-hydrogen) atoms. The van der Waals surface area contributed by atoms with Gasteiger partial charge >= 0.3 is 0 Å². The van der Waals surface area contributed by atoms with Crippen molar-refractivity contribution in [3.05, 3.63) is 12.7 Å². The number of hydrogen-bond donors (Lipinski definition) is 1. The third-order valence-corrected chi connectivity index (χ3v) is 1.43. The number of nitrogens with one attached hydrogen (secondary N) is 1. The van der Waals surface area contributed by atoms with Crippen molar-refractivity contribution in [3.8, 4) is 0 Å². The molecule has 0 spiro atoms. The Hall–Kier alpha value is -0.830. The van der Waals surface area contributed by atoms with Gasteiger partial charge in [-0.25, -0.2) is 0 Å². The Morgan fingerprint density at radius 1 is 1.73 bits per heavy atom. The SMILES string of the molecule is C=CC(C)NCC(=O)N(C)C. The van der Waals surface area contributed by atoms with Crippen LogP contribution in [0.25, 0.3) is 0 Å². The first-order valence-corrected chi connectivity index (χ1v) is 3.64. The summed E-state index contributed by atoms with van der Waals surface area (Å²) in [6, 6.07) is 0.193. The highest BCUT2D eigenvalue weighted by atomic mass is 16.2. The summed E-state index contributed by atoms with van der Waals surface area (Å²) < 4.78 is 0. The molecule has 0 aromatic carbocycles. The zero-order valence-electron chi connectivity index (χ0n) is 7.42. The van der Waals surface area contributed by atoms with Crippen molar-refractivity contribution in [1.29, 1.82) is 0 Å². The number of nitrogens with zero attached hydrogens (tertiary/aromatic N) is 1. The number of rotatable bonds is 4. The van der Waals surface area contributed by atoms with Gasteiger partial charge in [0.1, 0.15) is 0 Å². The van der Waals surface area contributed by atoms with E-state index in [1.807, 2.05) is 6.92 Å². The normalized spacial score (nSPS) is 12.3. The van der Waals surface area contributed by atoms with Crippen LogP contribution in [-0.4, -0.2) is 37.5 Å². The Bertz CT molecular complexity index is 143. The van der Waals surface area contributed by atoms with Crippen LogP contribution in [-0.2, 0) is 4.79 Å². The van der Waals surface area contributed by atoms with E-state index in [1.54, 1.807) is 25.1 Å². The molecule has 0 heterocycles. The first-order valence-electron chi connectivity index (χ1n) is 3.64. The highest BCUT2D eigenvalue weighted by molar-refractivity contribution is 5.77. The number of amides is 1. The van der Waals surface area contributed by atoms with Gasteiger partial charge in [-0.15, -0.1) is 6.58 Å². The van der Waals surface area contributed by atoms with Gasteiger partial charge in [-0.1, -0.05) is 6.08 Å². The molecule has 0 aliphatic rings. The van der Waals surface area contributed by atoms with E-state index in [2.05, 4.69) is 11.9 Å². The molecule has 0 aliphatic heterocycles. The van der Waals surface area contributed by atoms with Crippen LogP contribution >= 0.6 is 0 Å². The van der Waals surface area contributed by atoms with Crippen molar-refractivity contribution in [3.63, 3.8) is 0 Å². The molecule has 0 radical (unpaired) electrons. The second-order valence-corrected chi connectivity index (χ2v) is 2.69. The number of carbonyl (C=O) groups is 1. The minimum Gasteiger partial charge on any atom is -0.348 e. The van der Waals surface area contributed by atoms with E-state index in [9.17, 15) is 4.79 Å². The smallest absolute Gasteiger partial charge is 0.236 e. The Morgan fingerprint density at radius 2 is 2.27 bits per heavy atom. The van der Waals surface area contributed by atoms with Gasteiger partial charge in [0.05, 0.1) is 6.54 Å². The molecule has 3 heteroatoms. The fraction of sp³-hybridized carbons (Fsp3) is 0.625. The van der Waals surface area contributed by atoms with Gasteiger partial charge in [-0.2, -0.15) is 0 Å². The summed E-state index contributed by atoms with van der Waals surface area (Å²) in [5.74, 6) is 0.0821. The van der Waals surface area contributed by atoms with Gasteiger partial charge in [-0.05, 0) is 6.92 Å². The van der Waals surface area contributed by atoms with Crippen LogP contribution in [0, 0.1) is 0 Å². The number of hydrogen-bond acceptors (Lipinski definition) is 2. The Morgan fingerprint density at radius 3 is 2.64 bits per heavy atom. The van der Waals surface area contributed by atoms with Gasteiger partial charge in [0.15, 0.2) is 0 Å². The van der Waals surface area contributed by atoms with Crippen molar-refractivity contribution in [2.45, 2.75) is 13.0 Å². The van der Waals surface area contributed by atoms with Gasteiger partial charge in [0, 0.05) is 20.1 Å². The van der Waals surface area contributed by atoms with E-state index >= 15 is 0 Å². The van der Waals surface area contributed by atoms with Crippen LogP contribution in [0.15, 0.2) is 12.7 Å². The lowest BCUT2D eigenvalue weighted by atomic mass is 10.3. The molecule has 0 aromatic heterocycles. The highest BCUT2D eigenvalue weighted by Crippen LogP contribution is 1.82. The molecular formula is C8H16N2O. The van der Waals surface area contributed by atoms with Gasteiger partial charge in [-0.3, -0.25) is 4.79 Å². The van der Waals surface area contributed by atoms with Crippen molar-refractivity contribution in [2.75, 3.05) is 20.6 Å². The molecular weight excluding hydrogens is 140 g/mol. The minimum absolute atomic E-state index is 0.0821. The Balaban J connectivity index is 3.54. The first kappa shape index (κ1) is 10.2. The molecule has 1 N–H and O–H groups in total. The van der Waals surface area contributed by atoms with Crippen LogP contribution in [0.5, 0.6) is 0 Å². The summed E-state index contributed by atoms with van der Waals surface area (Å²) in [5.41, 5.74) is 0. The molecule has 0 rings (SSSR count). The second-order valence-electron chi connectivity index (χ2n) is 2.69. The van der Waals surface area contributed by atoms with Crippen molar-refractivity contribution >= 4 is 5.91 Å². The van der Waals surface area contributed by atoms with E-state index in [0.717, 1.165) is 0 Å². The standard InChI is InChI=1S/C8H16N2O/c1-5-7(2)9-6-8(11)10(3)4/h5,7,9H,1,6H2,2-4H3. The molecule has 0 aliphatic carbocycles. The van der Waals surface area contributed by atoms with Crippen molar-refractivity contribution in [1.82, 2.24) is 10.2 Å². The van der Waals surface area contributed by atoms with Crippen LogP contribution < -0.4 is 5.32 Å². The summed E-state index contributed by atoms with van der Waals surface area (Å²) in [7, 11) is 3.48. The van der Waals surface area contributed by atoms with Gasteiger partial charge < -0.3 is 10.2 Å². The average molecular weight is 156 g/mol. The molecule has 0 aromatic rings. The number of carbonyl (C=O) groups excluding carboxylic acids is 1. The quantitative estimate of drug-likeness (QED) is 0.591. The van der Waals surface area contributed by atoms with E-state index < -0.39 is 0 Å². The van der Waals surface area contributed by atoms with Gasteiger partial charge in [0.2, 0.25) is 5.91 Å². The minimum atomic E-state index is 0.0821. The largest absolute Gasteiger partial charge is 0.348 e. The van der Waals surface area contributed by atoms with Crippen LogP contribution in [0.2, 0.25) is 0 Å². The summed E-state index contributed by atoms with van der Waals surface area (Å²) in [5, 5.41) is 3.00. The van der Waals surface area contributed by atoms with Crippen molar-refractivity contribution < 1.29 is 4.79 Å². The van der Waals surface area contributed by atoms with Crippen molar-refractivity contribution in [2.24, 2.45) is 0 Å². The maximum Gasteiger partial charge on any atom is 0.236 e. The Labute approximate surface area is 68.1 Å². The summed E-state index contributed by atoms with van der Waals surface area (Å²) in [6.07, 6.45) is 1.77.